The molecule has 0 saturated carbocycles. The quantitative estimate of drug-likeness (QED) is 0.283. The van der Waals surface area contributed by atoms with Gasteiger partial charge in [-0.1, -0.05) is 12.1 Å². The van der Waals surface area contributed by atoms with E-state index >= 15 is 0 Å². The molecule has 0 heterocycles. The number of halogens is 4. The summed E-state index contributed by atoms with van der Waals surface area (Å²) < 4.78 is 52.8. The van der Waals surface area contributed by atoms with E-state index in [2.05, 4.69) is 0 Å². The average molecular weight is 355 g/mol. The predicted molar refractivity (Wildman–Crippen MR) is 80.2 cm³/mol. The number of amides is 1. The van der Waals surface area contributed by atoms with Gasteiger partial charge in [-0.25, -0.2) is 17.6 Å². The summed E-state index contributed by atoms with van der Waals surface area (Å²) in [7, 11) is 0. The minimum absolute atomic E-state index is 0.0277. The highest BCUT2D eigenvalue weighted by molar-refractivity contribution is 5.92. The number of hydrazine groups is 1. The van der Waals surface area contributed by atoms with Crippen LogP contribution < -0.4 is 10.9 Å². The van der Waals surface area contributed by atoms with Crippen LogP contribution in [-0.2, 0) is 4.79 Å². The van der Waals surface area contributed by atoms with Gasteiger partial charge in [0.15, 0.2) is 23.3 Å². The van der Waals surface area contributed by atoms with Crippen molar-refractivity contribution in [2.75, 3.05) is 5.43 Å². The first kappa shape index (κ1) is 17.9. The average Bonchev–Trinajstić information content (AvgIpc) is 2.58. The van der Waals surface area contributed by atoms with Crippen molar-refractivity contribution in [1.29, 1.82) is 0 Å². The molecule has 25 heavy (non-hydrogen) atoms. The molecule has 2 aromatic carbocycles. The lowest BCUT2D eigenvalue weighted by atomic mass is 10.2. The Balaban J connectivity index is 2.07. The molecule has 0 fully saturated rings. The van der Waals surface area contributed by atoms with Gasteiger partial charge in [0.05, 0.1) is 4.92 Å². The topological polar surface area (TPSA) is 84.3 Å². The van der Waals surface area contributed by atoms with Crippen LogP contribution in [0.4, 0.5) is 28.9 Å². The highest BCUT2D eigenvalue weighted by Gasteiger charge is 2.19. The minimum atomic E-state index is -1.71. The number of carbonyl (C=O) groups excluding carboxylic acids is 1. The van der Waals surface area contributed by atoms with Crippen molar-refractivity contribution in [3.63, 3.8) is 0 Å². The molecule has 0 aliphatic heterocycles. The van der Waals surface area contributed by atoms with E-state index in [4.69, 9.17) is 0 Å². The Morgan fingerprint density at radius 2 is 1.72 bits per heavy atom. The first-order valence-corrected chi connectivity index (χ1v) is 6.61. The fraction of sp³-hybridized carbons (Fsp3) is 0. The van der Waals surface area contributed by atoms with Crippen LogP contribution >= 0.6 is 0 Å². The third-order valence-electron chi connectivity index (χ3n) is 2.93. The Kier molecular flexibility index (Phi) is 5.32. The second kappa shape index (κ2) is 7.43. The predicted octanol–water partition coefficient (Wildman–Crippen LogP) is 3.31. The third kappa shape index (κ3) is 4.31. The van der Waals surface area contributed by atoms with E-state index in [-0.39, 0.29) is 11.8 Å². The molecule has 0 unspecified atom stereocenters. The van der Waals surface area contributed by atoms with Crippen molar-refractivity contribution in [3.05, 3.63) is 75.4 Å². The van der Waals surface area contributed by atoms with E-state index in [1.54, 1.807) is 5.43 Å². The van der Waals surface area contributed by atoms with Crippen LogP contribution in [0.3, 0.4) is 0 Å². The summed E-state index contributed by atoms with van der Waals surface area (Å²) in [5.41, 5.74) is 2.48. The highest BCUT2D eigenvalue weighted by atomic mass is 19.2. The van der Waals surface area contributed by atoms with Gasteiger partial charge in [-0.2, -0.15) is 0 Å². The molecule has 0 spiro atoms. The number of nitro benzene ring substituents is 1. The Hall–Kier alpha value is -3.43. The molecular weight excluding hydrogens is 346 g/mol. The molecule has 1 amide bonds. The SMILES string of the molecule is O=C(C=Cc1cccc([N+](=O)[O-])c1)NNc1c(F)c(F)cc(F)c1F. The number of benzene rings is 2. The Morgan fingerprint density at radius 1 is 1.08 bits per heavy atom. The second-order valence-electron chi connectivity index (χ2n) is 4.64. The molecule has 2 aromatic rings. The molecule has 0 atom stereocenters. The van der Waals surface area contributed by atoms with Gasteiger partial charge in [-0.3, -0.25) is 25.8 Å². The van der Waals surface area contributed by atoms with Crippen molar-refractivity contribution in [3.8, 4) is 0 Å². The zero-order valence-electron chi connectivity index (χ0n) is 12.2. The third-order valence-corrected chi connectivity index (χ3v) is 2.93. The van der Waals surface area contributed by atoms with Crippen molar-refractivity contribution in [1.82, 2.24) is 5.43 Å². The van der Waals surface area contributed by atoms with E-state index in [1.165, 1.54) is 30.3 Å². The molecule has 0 bridgehead atoms. The number of nitrogens with one attached hydrogen (secondary N) is 2. The van der Waals surface area contributed by atoms with Crippen LogP contribution in [0.1, 0.15) is 5.56 Å². The first-order chi connectivity index (χ1) is 11.8. The van der Waals surface area contributed by atoms with Gasteiger partial charge in [-0.15, -0.1) is 0 Å². The van der Waals surface area contributed by atoms with Crippen molar-refractivity contribution >= 4 is 23.4 Å². The summed E-state index contributed by atoms with van der Waals surface area (Å²) in [6.07, 6.45) is 2.10. The Labute approximate surface area is 137 Å². The molecular formula is C15H9F4N3O3. The summed E-state index contributed by atoms with van der Waals surface area (Å²) in [5.74, 6) is -7.61. The van der Waals surface area contributed by atoms with Crippen LogP contribution in [-0.4, -0.2) is 10.8 Å². The number of rotatable bonds is 5. The first-order valence-electron chi connectivity index (χ1n) is 6.61. The lowest BCUT2D eigenvalue weighted by Gasteiger charge is -2.09. The van der Waals surface area contributed by atoms with Gasteiger partial charge in [0.25, 0.3) is 11.6 Å². The van der Waals surface area contributed by atoms with Gasteiger partial charge < -0.3 is 0 Å². The molecule has 130 valence electrons. The number of anilines is 1. The summed E-state index contributed by atoms with van der Waals surface area (Å²) in [6, 6.07) is 5.35. The molecule has 0 saturated heterocycles. The van der Waals surface area contributed by atoms with Crippen molar-refractivity contribution in [2.24, 2.45) is 0 Å². The molecule has 2 N–H and O–H groups in total. The van der Waals surface area contributed by atoms with Crippen LogP contribution in [0.15, 0.2) is 36.4 Å². The zero-order valence-corrected chi connectivity index (χ0v) is 12.2. The summed E-state index contributed by atoms with van der Waals surface area (Å²) in [4.78, 5) is 21.6. The fourth-order valence-corrected chi connectivity index (χ4v) is 1.76. The molecule has 6 nitrogen and oxygen atoms in total. The molecule has 2 rings (SSSR count). The number of nitrogens with zero attached hydrogens (tertiary/aromatic N) is 1. The zero-order chi connectivity index (χ0) is 18.6. The maximum absolute atomic E-state index is 13.4. The summed E-state index contributed by atoms with van der Waals surface area (Å²) >= 11 is 0. The second-order valence-corrected chi connectivity index (χ2v) is 4.64. The molecule has 0 radical (unpaired) electrons. The van der Waals surface area contributed by atoms with Crippen LogP contribution in [0.2, 0.25) is 0 Å². The van der Waals surface area contributed by atoms with Crippen molar-refractivity contribution < 1.29 is 27.3 Å². The summed E-state index contributed by atoms with van der Waals surface area (Å²) in [6.45, 7) is 0. The smallest absolute Gasteiger partial charge is 0.270 e. The normalized spacial score (nSPS) is 10.7. The largest absolute Gasteiger partial charge is 0.293 e. The maximum atomic E-state index is 13.4. The van der Waals surface area contributed by atoms with E-state index in [1.807, 2.05) is 5.43 Å². The van der Waals surface area contributed by atoms with Gasteiger partial charge >= 0.3 is 0 Å². The lowest BCUT2D eigenvalue weighted by Crippen LogP contribution is -2.29. The van der Waals surface area contributed by atoms with Gasteiger partial charge in [0.1, 0.15) is 5.69 Å². The molecule has 0 aliphatic carbocycles. The van der Waals surface area contributed by atoms with E-state index in [0.29, 0.717) is 5.56 Å². The molecule has 0 aliphatic rings. The standard InChI is InChI=1S/C15H9F4N3O3/c16-10-7-11(17)14(19)15(13(10)18)21-20-12(23)5-4-8-2-1-3-9(6-8)22(24)25/h1-7,21H,(H,20,23). The summed E-state index contributed by atoms with van der Waals surface area (Å²) in [5, 5.41) is 10.6. The lowest BCUT2D eigenvalue weighted by molar-refractivity contribution is -0.384. The number of hydrogen-bond donors (Lipinski definition) is 2. The van der Waals surface area contributed by atoms with E-state index < -0.39 is 39.8 Å². The highest BCUT2D eigenvalue weighted by Crippen LogP contribution is 2.23. The van der Waals surface area contributed by atoms with E-state index in [0.717, 1.165) is 6.08 Å². The van der Waals surface area contributed by atoms with Crippen LogP contribution in [0.5, 0.6) is 0 Å². The number of non-ortho nitro benzene ring substituents is 1. The Bertz CT molecular complexity index is 845. The number of carbonyl (C=O) groups is 1. The van der Waals surface area contributed by atoms with Crippen molar-refractivity contribution in [2.45, 2.75) is 0 Å². The molecule has 10 heteroatoms. The van der Waals surface area contributed by atoms with Gasteiger partial charge in [-0.05, 0) is 11.6 Å². The fourth-order valence-electron chi connectivity index (χ4n) is 1.76. The van der Waals surface area contributed by atoms with Crippen LogP contribution in [0, 0.1) is 33.4 Å². The minimum Gasteiger partial charge on any atom is -0.293 e. The van der Waals surface area contributed by atoms with Gasteiger partial charge in [0, 0.05) is 24.3 Å². The number of hydrogen-bond acceptors (Lipinski definition) is 4. The maximum Gasteiger partial charge on any atom is 0.270 e. The van der Waals surface area contributed by atoms with E-state index in [9.17, 15) is 32.5 Å². The Morgan fingerprint density at radius 3 is 2.32 bits per heavy atom. The van der Waals surface area contributed by atoms with Crippen LogP contribution in [0.25, 0.3) is 6.08 Å². The molecule has 0 aromatic heterocycles. The monoisotopic (exact) mass is 355 g/mol. The van der Waals surface area contributed by atoms with Gasteiger partial charge in [0.2, 0.25) is 0 Å². The number of nitro groups is 1.